The van der Waals surface area contributed by atoms with E-state index >= 15 is 0 Å². The van der Waals surface area contributed by atoms with Crippen LogP contribution in [0.15, 0.2) is 24.3 Å². The summed E-state index contributed by atoms with van der Waals surface area (Å²) in [6, 6.07) is 6.51. The van der Waals surface area contributed by atoms with Crippen LogP contribution in [0, 0.1) is 0 Å². The van der Waals surface area contributed by atoms with Crippen molar-refractivity contribution in [1.82, 2.24) is 5.32 Å². The predicted molar refractivity (Wildman–Crippen MR) is 60.4 cm³/mol. The fourth-order valence-corrected chi connectivity index (χ4v) is 1.21. The van der Waals surface area contributed by atoms with E-state index in [1.807, 2.05) is 0 Å². The average molecular weight is 242 g/mol. The van der Waals surface area contributed by atoms with Crippen LogP contribution in [0.1, 0.15) is 16.8 Å². The molecule has 0 aliphatic carbocycles. The van der Waals surface area contributed by atoms with E-state index in [0.29, 0.717) is 10.6 Å². The molecule has 1 aromatic rings. The van der Waals surface area contributed by atoms with E-state index in [1.54, 1.807) is 24.3 Å². The van der Waals surface area contributed by atoms with E-state index in [0.717, 1.165) is 0 Å². The first-order chi connectivity index (χ1) is 7.63. The third kappa shape index (κ3) is 3.90. The number of hydrogen-bond donors (Lipinski definition) is 1. The third-order valence-electron chi connectivity index (χ3n) is 1.95. The van der Waals surface area contributed by atoms with Gasteiger partial charge in [-0.3, -0.25) is 9.59 Å². The Balaban J connectivity index is 2.41. The number of esters is 1. The van der Waals surface area contributed by atoms with Gasteiger partial charge in [-0.05, 0) is 24.3 Å². The topological polar surface area (TPSA) is 55.4 Å². The standard InChI is InChI=1S/C11H12ClNO3/c1-16-10(14)6-7-13-11(15)8-2-4-9(12)5-3-8/h2-5H,6-7H2,1H3,(H,13,15). The Morgan fingerprint density at radius 3 is 2.50 bits per heavy atom. The zero-order chi connectivity index (χ0) is 12.0. The van der Waals surface area contributed by atoms with Crippen LogP contribution in [0.5, 0.6) is 0 Å². The molecule has 0 saturated heterocycles. The van der Waals surface area contributed by atoms with Crippen molar-refractivity contribution >= 4 is 23.5 Å². The average Bonchev–Trinajstić information content (AvgIpc) is 2.29. The van der Waals surface area contributed by atoms with Gasteiger partial charge >= 0.3 is 5.97 Å². The van der Waals surface area contributed by atoms with Gasteiger partial charge in [0.15, 0.2) is 0 Å². The highest BCUT2D eigenvalue weighted by Gasteiger charge is 2.06. The Hall–Kier alpha value is -1.55. The molecule has 0 fully saturated rings. The first-order valence-corrected chi connectivity index (χ1v) is 5.12. The quantitative estimate of drug-likeness (QED) is 0.816. The maximum atomic E-state index is 11.5. The number of ether oxygens (including phenoxy) is 1. The smallest absolute Gasteiger partial charge is 0.307 e. The van der Waals surface area contributed by atoms with Crippen molar-refractivity contribution in [1.29, 1.82) is 0 Å². The van der Waals surface area contributed by atoms with Crippen LogP contribution in [0.25, 0.3) is 0 Å². The molecule has 0 radical (unpaired) electrons. The second-order valence-corrected chi connectivity index (χ2v) is 3.53. The van der Waals surface area contributed by atoms with E-state index in [1.165, 1.54) is 7.11 Å². The molecule has 0 bridgehead atoms. The number of nitrogens with one attached hydrogen (secondary N) is 1. The lowest BCUT2D eigenvalue weighted by Gasteiger charge is -2.04. The summed E-state index contributed by atoms with van der Waals surface area (Å²) in [5.74, 6) is -0.586. The minimum atomic E-state index is -0.351. The second-order valence-electron chi connectivity index (χ2n) is 3.09. The minimum absolute atomic E-state index is 0.163. The Kier molecular flexibility index (Phi) is 4.79. The highest BCUT2D eigenvalue weighted by atomic mass is 35.5. The minimum Gasteiger partial charge on any atom is -0.469 e. The van der Waals surface area contributed by atoms with E-state index in [-0.39, 0.29) is 24.8 Å². The summed E-state index contributed by atoms with van der Waals surface area (Å²) in [6.07, 6.45) is 0.163. The van der Waals surface area contributed by atoms with Crippen LogP contribution in [0.3, 0.4) is 0 Å². The van der Waals surface area contributed by atoms with Crippen LogP contribution in [-0.2, 0) is 9.53 Å². The van der Waals surface area contributed by atoms with E-state index in [9.17, 15) is 9.59 Å². The van der Waals surface area contributed by atoms with Crippen LogP contribution in [0.4, 0.5) is 0 Å². The molecule has 0 spiro atoms. The van der Waals surface area contributed by atoms with Crippen molar-refractivity contribution in [2.24, 2.45) is 0 Å². The van der Waals surface area contributed by atoms with Crippen LogP contribution in [0.2, 0.25) is 5.02 Å². The molecular formula is C11H12ClNO3. The number of benzene rings is 1. The molecule has 4 nitrogen and oxygen atoms in total. The third-order valence-corrected chi connectivity index (χ3v) is 2.20. The normalized spacial score (nSPS) is 9.62. The van der Waals surface area contributed by atoms with E-state index in [4.69, 9.17) is 11.6 Å². The Bertz CT molecular complexity index is 375. The van der Waals surface area contributed by atoms with Crippen molar-refractivity contribution in [3.05, 3.63) is 34.9 Å². The van der Waals surface area contributed by atoms with Gasteiger partial charge in [-0.15, -0.1) is 0 Å². The molecule has 5 heteroatoms. The Labute approximate surface area is 98.5 Å². The van der Waals surface area contributed by atoms with E-state index in [2.05, 4.69) is 10.1 Å². The first-order valence-electron chi connectivity index (χ1n) is 4.74. The van der Waals surface area contributed by atoms with Gasteiger partial charge in [-0.2, -0.15) is 0 Å². The fourth-order valence-electron chi connectivity index (χ4n) is 1.08. The zero-order valence-electron chi connectivity index (χ0n) is 8.83. The lowest BCUT2D eigenvalue weighted by molar-refractivity contribution is -0.140. The van der Waals surface area contributed by atoms with E-state index < -0.39 is 0 Å². The molecule has 0 atom stereocenters. The SMILES string of the molecule is COC(=O)CCNC(=O)c1ccc(Cl)cc1. The molecule has 86 valence electrons. The molecule has 16 heavy (non-hydrogen) atoms. The number of carbonyl (C=O) groups excluding carboxylic acids is 2. The van der Waals surface area contributed by atoms with Crippen LogP contribution in [-0.4, -0.2) is 25.5 Å². The summed E-state index contributed by atoms with van der Waals surface area (Å²) >= 11 is 5.69. The second kappa shape index (κ2) is 6.12. The highest BCUT2D eigenvalue weighted by molar-refractivity contribution is 6.30. The molecule has 0 aromatic heterocycles. The number of rotatable bonds is 4. The van der Waals surface area contributed by atoms with Crippen LogP contribution < -0.4 is 5.32 Å². The van der Waals surface area contributed by atoms with Crippen molar-refractivity contribution in [2.45, 2.75) is 6.42 Å². The maximum absolute atomic E-state index is 11.5. The molecule has 1 rings (SSSR count). The first kappa shape index (κ1) is 12.5. The van der Waals surface area contributed by atoms with Crippen molar-refractivity contribution < 1.29 is 14.3 Å². The number of methoxy groups -OCH3 is 1. The van der Waals surface area contributed by atoms with Gasteiger partial charge in [-0.1, -0.05) is 11.6 Å². The molecule has 0 aliphatic rings. The summed E-state index contributed by atoms with van der Waals surface area (Å²) in [5, 5.41) is 3.18. The Morgan fingerprint density at radius 1 is 1.31 bits per heavy atom. The molecule has 0 unspecified atom stereocenters. The molecule has 1 amide bonds. The lowest BCUT2D eigenvalue weighted by Crippen LogP contribution is -2.26. The number of amides is 1. The summed E-state index contributed by atoms with van der Waals surface area (Å²) in [6.45, 7) is 0.258. The number of halogens is 1. The maximum Gasteiger partial charge on any atom is 0.307 e. The lowest BCUT2D eigenvalue weighted by atomic mass is 10.2. The van der Waals surface area contributed by atoms with Gasteiger partial charge in [0.1, 0.15) is 0 Å². The van der Waals surface area contributed by atoms with Gasteiger partial charge in [-0.25, -0.2) is 0 Å². The largest absolute Gasteiger partial charge is 0.469 e. The van der Waals surface area contributed by atoms with Gasteiger partial charge in [0, 0.05) is 17.1 Å². The molecular weight excluding hydrogens is 230 g/mol. The highest BCUT2D eigenvalue weighted by Crippen LogP contribution is 2.09. The number of carbonyl (C=O) groups is 2. The van der Waals surface area contributed by atoms with Gasteiger partial charge < -0.3 is 10.1 Å². The number of hydrogen-bond acceptors (Lipinski definition) is 3. The molecule has 1 aromatic carbocycles. The van der Waals surface area contributed by atoms with Crippen molar-refractivity contribution in [2.75, 3.05) is 13.7 Å². The summed E-state index contributed by atoms with van der Waals surface area (Å²) in [4.78, 5) is 22.3. The summed E-state index contributed by atoms with van der Waals surface area (Å²) in [7, 11) is 1.31. The summed E-state index contributed by atoms with van der Waals surface area (Å²) < 4.78 is 4.45. The fraction of sp³-hybridized carbons (Fsp3) is 0.273. The predicted octanol–water partition coefficient (Wildman–Crippen LogP) is 1.63. The van der Waals surface area contributed by atoms with Crippen LogP contribution >= 0.6 is 11.6 Å². The zero-order valence-corrected chi connectivity index (χ0v) is 9.58. The van der Waals surface area contributed by atoms with Gasteiger partial charge in [0.2, 0.25) is 0 Å². The Morgan fingerprint density at radius 2 is 1.94 bits per heavy atom. The van der Waals surface area contributed by atoms with Crippen molar-refractivity contribution in [3.63, 3.8) is 0 Å². The van der Waals surface area contributed by atoms with Crippen molar-refractivity contribution in [3.8, 4) is 0 Å². The molecule has 1 N–H and O–H groups in total. The van der Waals surface area contributed by atoms with Gasteiger partial charge in [0.05, 0.1) is 13.5 Å². The monoisotopic (exact) mass is 241 g/mol. The summed E-state index contributed by atoms with van der Waals surface area (Å²) in [5.41, 5.74) is 0.509. The molecule has 0 saturated carbocycles. The molecule has 0 aliphatic heterocycles. The van der Waals surface area contributed by atoms with Gasteiger partial charge in [0.25, 0.3) is 5.91 Å². The molecule has 0 heterocycles.